The third-order valence-corrected chi connectivity index (χ3v) is 3.73. The lowest BCUT2D eigenvalue weighted by molar-refractivity contribution is 0.100. The molecule has 0 unspecified atom stereocenters. The number of aromatic nitrogens is 2. The Morgan fingerprint density at radius 1 is 1.17 bits per heavy atom. The molecule has 0 saturated heterocycles. The Labute approximate surface area is 135 Å². The Morgan fingerprint density at radius 2 is 1.96 bits per heavy atom. The van der Waals surface area contributed by atoms with Crippen molar-refractivity contribution in [3.63, 3.8) is 0 Å². The zero-order valence-electron chi connectivity index (χ0n) is 13.1. The number of aryl methyl sites for hydroxylation is 1. The Morgan fingerprint density at radius 3 is 2.65 bits per heavy atom. The molecule has 116 valence electrons. The van der Waals surface area contributed by atoms with Crippen LogP contribution in [0.3, 0.4) is 0 Å². The van der Waals surface area contributed by atoms with Gasteiger partial charge in [-0.1, -0.05) is 43.3 Å². The molecule has 0 aliphatic heterocycles. The second-order valence-electron chi connectivity index (χ2n) is 5.43. The Balaban J connectivity index is 2.06. The van der Waals surface area contributed by atoms with E-state index in [2.05, 4.69) is 28.6 Å². The van der Waals surface area contributed by atoms with Crippen molar-refractivity contribution in [2.24, 2.45) is 5.73 Å². The molecular weight excluding hydrogens is 286 g/mol. The first-order valence-electron chi connectivity index (χ1n) is 7.72. The Kier molecular flexibility index (Phi) is 4.24. The minimum atomic E-state index is -0.432. The highest BCUT2D eigenvalue weighted by molar-refractivity contribution is 5.96. The number of hydrogen-bond acceptors (Lipinski definition) is 2. The molecular formula is C19H19N3O. The summed E-state index contributed by atoms with van der Waals surface area (Å²) in [7, 11) is 0. The second-order valence-corrected chi connectivity index (χ2v) is 5.43. The monoisotopic (exact) mass is 305 g/mol. The van der Waals surface area contributed by atoms with Gasteiger partial charge in [0.25, 0.3) is 0 Å². The molecule has 3 aromatic rings. The van der Waals surface area contributed by atoms with Crippen molar-refractivity contribution < 1.29 is 4.79 Å². The van der Waals surface area contributed by atoms with Crippen LogP contribution in [0.1, 0.15) is 35.1 Å². The van der Waals surface area contributed by atoms with E-state index < -0.39 is 5.91 Å². The summed E-state index contributed by atoms with van der Waals surface area (Å²) < 4.78 is 2.17. The first kappa shape index (κ1) is 15.0. The van der Waals surface area contributed by atoms with Gasteiger partial charge in [0.2, 0.25) is 5.91 Å². The number of imidazole rings is 1. The number of carbonyl (C=O) groups is 1. The molecule has 0 atom stereocenters. The number of carbonyl (C=O) groups excluding carboxylic acids is 1. The van der Waals surface area contributed by atoms with Gasteiger partial charge in [-0.05, 0) is 36.3 Å². The van der Waals surface area contributed by atoms with Gasteiger partial charge in [-0.2, -0.15) is 0 Å². The molecule has 0 radical (unpaired) electrons. The normalized spacial score (nSPS) is 11.3. The first-order chi connectivity index (χ1) is 11.2. The maximum atomic E-state index is 11.3. The molecule has 0 saturated carbocycles. The van der Waals surface area contributed by atoms with Crippen LogP contribution in [0.5, 0.6) is 0 Å². The summed E-state index contributed by atoms with van der Waals surface area (Å²) in [6.45, 7) is 3.01. The van der Waals surface area contributed by atoms with Crippen LogP contribution in [0.15, 0.2) is 48.5 Å². The van der Waals surface area contributed by atoms with E-state index in [1.54, 1.807) is 12.1 Å². The fourth-order valence-corrected chi connectivity index (χ4v) is 2.62. The lowest BCUT2D eigenvalue weighted by Crippen LogP contribution is -2.10. The summed E-state index contributed by atoms with van der Waals surface area (Å²) in [5.74, 6) is 0.450. The fourth-order valence-electron chi connectivity index (χ4n) is 2.62. The third-order valence-electron chi connectivity index (χ3n) is 3.73. The van der Waals surface area contributed by atoms with E-state index in [0.29, 0.717) is 5.56 Å². The number of nitrogens with two attached hydrogens (primary N) is 1. The van der Waals surface area contributed by atoms with Crippen molar-refractivity contribution in [3.8, 4) is 0 Å². The Hall–Kier alpha value is -2.88. The van der Waals surface area contributed by atoms with Crippen LogP contribution >= 0.6 is 0 Å². The van der Waals surface area contributed by atoms with E-state index in [1.807, 2.05) is 36.4 Å². The van der Waals surface area contributed by atoms with Crippen LogP contribution in [0, 0.1) is 0 Å². The van der Waals surface area contributed by atoms with E-state index in [4.69, 9.17) is 5.73 Å². The summed E-state index contributed by atoms with van der Waals surface area (Å²) >= 11 is 0. The van der Waals surface area contributed by atoms with Gasteiger partial charge in [0.1, 0.15) is 5.82 Å². The smallest absolute Gasteiger partial charge is 0.248 e. The van der Waals surface area contributed by atoms with Crippen LogP contribution in [0.2, 0.25) is 0 Å². The van der Waals surface area contributed by atoms with Crippen molar-refractivity contribution >= 4 is 29.1 Å². The van der Waals surface area contributed by atoms with Crippen LogP contribution in [-0.4, -0.2) is 15.5 Å². The van der Waals surface area contributed by atoms with Crippen molar-refractivity contribution in [1.82, 2.24) is 9.55 Å². The number of benzene rings is 2. The van der Waals surface area contributed by atoms with Gasteiger partial charge in [-0.3, -0.25) is 4.79 Å². The molecule has 0 fully saturated rings. The minimum Gasteiger partial charge on any atom is -0.366 e. The lowest BCUT2D eigenvalue weighted by atomic mass is 10.2. The number of primary amides is 1. The van der Waals surface area contributed by atoms with Crippen LogP contribution in [0.25, 0.3) is 23.2 Å². The number of fused-ring (bicyclic) bond motifs is 1. The Bertz CT molecular complexity index is 863. The summed E-state index contributed by atoms with van der Waals surface area (Å²) in [6, 6.07) is 15.5. The van der Waals surface area contributed by atoms with Gasteiger partial charge in [0.15, 0.2) is 0 Å². The highest BCUT2D eigenvalue weighted by atomic mass is 16.1. The molecule has 0 bridgehead atoms. The largest absolute Gasteiger partial charge is 0.366 e. The van der Waals surface area contributed by atoms with Crippen LogP contribution in [-0.2, 0) is 6.54 Å². The quantitative estimate of drug-likeness (QED) is 0.781. The SMILES string of the molecule is CCCn1c(/C=C/c2ccccc2)nc2cc(C(N)=O)ccc21. The molecule has 1 heterocycles. The number of nitrogens with zero attached hydrogens (tertiary/aromatic N) is 2. The van der Waals surface area contributed by atoms with Gasteiger partial charge in [0, 0.05) is 12.1 Å². The number of rotatable bonds is 5. The van der Waals surface area contributed by atoms with E-state index in [-0.39, 0.29) is 0 Å². The van der Waals surface area contributed by atoms with E-state index in [9.17, 15) is 4.79 Å². The summed E-state index contributed by atoms with van der Waals surface area (Å²) in [4.78, 5) is 16.0. The summed E-state index contributed by atoms with van der Waals surface area (Å²) in [5, 5.41) is 0. The van der Waals surface area contributed by atoms with Crippen molar-refractivity contribution in [3.05, 3.63) is 65.5 Å². The standard InChI is InChI=1S/C19H19N3O/c1-2-12-22-17-10-9-15(19(20)23)13-16(17)21-18(22)11-8-14-6-4-3-5-7-14/h3-11,13H,2,12H2,1H3,(H2,20,23)/b11-8+. The zero-order valence-corrected chi connectivity index (χ0v) is 13.1. The van der Waals surface area contributed by atoms with Gasteiger partial charge in [-0.25, -0.2) is 4.98 Å². The van der Waals surface area contributed by atoms with E-state index >= 15 is 0 Å². The molecule has 0 aliphatic carbocycles. The molecule has 23 heavy (non-hydrogen) atoms. The average Bonchev–Trinajstić information content (AvgIpc) is 2.91. The molecule has 2 aromatic carbocycles. The maximum absolute atomic E-state index is 11.3. The highest BCUT2D eigenvalue weighted by Crippen LogP contribution is 2.20. The van der Waals surface area contributed by atoms with Crippen molar-refractivity contribution in [1.29, 1.82) is 0 Å². The molecule has 1 aromatic heterocycles. The summed E-state index contributed by atoms with van der Waals surface area (Å²) in [5.41, 5.74) is 8.78. The zero-order chi connectivity index (χ0) is 16.2. The lowest BCUT2D eigenvalue weighted by Gasteiger charge is -2.05. The molecule has 2 N–H and O–H groups in total. The molecule has 4 nitrogen and oxygen atoms in total. The number of hydrogen-bond donors (Lipinski definition) is 1. The maximum Gasteiger partial charge on any atom is 0.248 e. The van der Waals surface area contributed by atoms with Crippen LogP contribution in [0.4, 0.5) is 0 Å². The molecule has 4 heteroatoms. The first-order valence-corrected chi connectivity index (χ1v) is 7.72. The van der Waals surface area contributed by atoms with Crippen molar-refractivity contribution in [2.45, 2.75) is 19.9 Å². The second kappa shape index (κ2) is 6.48. The molecule has 3 rings (SSSR count). The van der Waals surface area contributed by atoms with Crippen LogP contribution < -0.4 is 5.73 Å². The average molecular weight is 305 g/mol. The fraction of sp³-hybridized carbons (Fsp3) is 0.158. The minimum absolute atomic E-state index is 0.432. The van der Waals surface area contributed by atoms with Gasteiger partial charge in [0.05, 0.1) is 11.0 Å². The predicted octanol–water partition coefficient (Wildman–Crippen LogP) is 3.72. The summed E-state index contributed by atoms with van der Waals surface area (Å²) in [6.07, 6.45) is 5.06. The molecule has 1 amide bonds. The van der Waals surface area contributed by atoms with E-state index in [1.165, 1.54) is 0 Å². The topological polar surface area (TPSA) is 60.9 Å². The predicted molar refractivity (Wildman–Crippen MR) is 93.9 cm³/mol. The number of amides is 1. The third kappa shape index (κ3) is 3.16. The molecule has 0 spiro atoms. The highest BCUT2D eigenvalue weighted by Gasteiger charge is 2.10. The molecule has 0 aliphatic rings. The van der Waals surface area contributed by atoms with Gasteiger partial charge in [-0.15, -0.1) is 0 Å². The van der Waals surface area contributed by atoms with Gasteiger partial charge >= 0.3 is 0 Å². The van der Waals surface area contributed by atoms with Gasteiger partial charge < -0.3 is 10.3 Å². The van der Waals surface area contributed by atoms with Crippen molar-refractivity contribution in [2.75, 3.05) is 0 Å². The van der Waals surface area contributed by atoms with E-state index in [0.717, 1.165) is 35.4 Å².